The lowest BCUT2D eigenvalue weighted by atomic mass is 10.2. The molecule has 0 N–H and O–H groups in total. The maximum atomic E-state index is 3.67. The molecular weight excluding hydrogens is 188 g/mol. The predicted molar refractivity (Wildman–Crippen MR) is 66.7 cm³/mol. The van der Waals surface area contributed by atoms with Gasteiger partial charge in [-0.25, -0.2) is 0 Å². The van der Waals surface area contributed by atoms with Crippen LogP contribution in [0.5, 0.6) is 0 Å². The molecule has 74 valence electrons. The first-order chi connectivity index (χ1) is 6.81. The van der Waals surface area contributed by atoms with Crippen LogP contribution in [0.25, 0.3) is 5.57 Å². The van der Waals surface area contributed by atoms with Gasteiger partial charge in [0.2, 0.25) is 0 Å². The molecule has 0 radical (unpaired) electrons. The van der Waals surface area contributed by atoms with Gasteiger partial charge in [-0.05, 0) is 31.1 Å². The lowest BCUT2D eigenvalue weighted by Crippen LogP contribution is -1.71. The summed E-state index contributed by atoms with van der Waals surface area (Å²) in [5.74, 6) is 0. The molecule has 0 spiro atoms. The van der Waals surface area contributed by atoms with E-state index in [0.29, 0.717) is 0 Å². The summed E-state index contributed by atoms with van der Waals surface area (Å²) in [6, 6.07) is 4.39. The third-order valence-electron chi connectivity index (χ3n) is 2.02. The fourth-order valence-corrected chi connectivity index (χ4v) is 2.22. The normalized spacial score (nSPS) is 12.3. The van der Waals surface area contributed by atoms with E-state index in [2.05, 4.69) is 44.7 Å². The zero-order valence-corrected chi connectivity index (χ0v) is 9.60. The van der Waals surface area contributed by atoms with Gasteiger partial charge in [0.1, 0.15) is 0 Å². The summed E-state index contributed by atoms with van der Waals surface area (Å²) in [6.07, 6.45) is 9.12. The van der Waals surface area contributed by atoms with Crippen LogP contribution in [0, 0.1) is 0 Å². The molecule has 0 unspecified atom stereocenters. The van der Waals surface area contributed by atoms with Gasteiger partial charge in [0.15, 0.2) is 0 Å². The third-order valence-corrected chi connectivity index (χ3v) is 3.30. The maximum Gasteiger partial charge on any atom is 0.0342 e. The van der Waals surface area contributed by atoms with E-state index >= 15 is 0 Å². The highest BCUT2D eigenvalue weighted by Gasteiger charge is 2.00. The lowest BCUT2D eigenvalue weighted by molar-refractivity contribution is 1.19. The SMILES string of the molecule is C=C/C=C\C(=C/C)c1ccc(CC)s1. The summed E-state index contributed by atoms with van der Waals surface area (Å²) in [6.45, 7) is 7.92. The van der Waals surface area contributed by atoms with Crippen molar-refractivity contribution >= 4 is 16.9 Å². The summed E-state index contributed by atoms with van der Waals surface area (Å²) >= 11 is 1.86. The van der Waals surface area contributed by atoms with E-state index in [-0.39, 0.29) is 0 Å². The summed E-state index contributed by atoms with van der Waals surface area (Å²) in [5, 5.41) is 0. The van der Waals surface area contributed by atoms with E-state index in [1.807, 2.05) is 17.4 Å². The molecule has 0 fully saturated rings. The molecule has 1 aromatic rings. The number of hydrogen-bond acceptors (Lipinski definition) is 1. The fourth-order valence-electron chi connectivity index (χ4n) is 1.22. The molecule has 0 saturated carbocycles. The van der Waals surface area contributed by atoms with Gasteiger partial charge >= 0.3 is 0 Å². The second-order valence-electron chi connectivity index (χ2n) is 2.96. The largest absolute Gasteiger partial charge is 0.140 e. The van der Waals surface area contributed by atoms with E-state index in [9.17, 15) is 0 Å². The first-order valence-corrected chi connectivity index (χ1v) is 5.68. The van der Waals surface area contributed by atoms with Gasteiger partial charge in [-0.15, -0.1) is 11.3 Å². The average Bonchev–Trinajstić information content (AvgIpc) is 2.68. The van der Waals surface area contributed by atoms with Crippen molar-refractivity contribution in [2.45, 2.75) is 20.3 Å². The monoisotopic (exact) mass is 204 g/mol. The van der Waals surface area contributed by atoms with Crippen molar-refractivity contribution in [1.29, 1.82) is 0 Å². The van der Waals surface area contributed by atoms with Gasteiger partial charge in [0.05, 0.1) is 0 Å². The minimum atomic E-state index is 1.12. The molecule has 0 aliphatic rings. The highest BCUT2D eigenvalue weighted by atomic mass is 32.1. The van der Waals surface area contributed by atoms with Crippen LogP contribution < -0.4 is 0 Å². The molecular formula is C13H16S. The number of thiophene rings is 1. The van der Waals surface area contributed by atoms with Crippen molar-refractivity contribution in [3.05, 3.63) is 52.8 Å². The van der Waals surface area contributed by atoms with Gasteiger partial charge in [0, 0.05) is 9.75 Å². The van der Waals surface area contributed by atoms with Crippen LogP contribution in [-0.4, -0.2) is 0 Å². The molecule has 14 heavy (non-hydrogen) atoms. The summed E-state index contributed by atoms with van der Waals surface area (Å²) in [5.41, 5.74) is 1.27. The van der Waals surface area contributed by atoms with Crippen LogP contribution in [0.3, 0.4) is 0 Å². The smallest absolute Gasteiger partial charge is 0.0342 e. The minimum absolute atomic E-state index is 1.12. The molecule has 0 aliphatic carbocycles. The Morgan fingerprint density at radius 2 is 2.29 bits per heavy atom. The Morgan fingerprint density at radius 3 is 2.79 bits per heavy atom. The van der Waals surface area contributed by atoms with Crippen molar-refractivity contribution in [2.75, 3.05) is 0 Å². The molecule has 0 atom stereocenters. The number of aryl methyl sites for hydroxylation is 1. The Labute approximate surface area is 90.3 Å². The molecule has 0 aromatic carbocycles. The number of rotatable bonds is 4. The second-order valence-corrected chi connectivity index (χ2v) is 4.13. The zero-order valence-electron chi connectivity index (χ0n) is 8.79. The molecule has 0 amide bonds. The van der Waals surface area contributed by atoms with Gasteiger partial charge in [-0.3, -0.25) is 0 Å². The van der Waals surface area contributed by atoms with E-state index in [4.69, 9.17) is 0 Å². The summed E-state index contributed by atoms with van der Waals surface area (Å²) in [4.78, 5) is 2.77. The molecule has 1 heterocycles. The second kappa shape index (κ2) is 5.61. The Kier molecular flexibility index (Phi) is 4.41. The topological polar surface area (TPSA) is 0 Å². The van der Waals surface area contributed by atoms with Crippen LogP contribution in [0.2, 0.25) is 0 Å². The molecule has 1 heteroatoms. The molecule has 1 aromatic heterocycles. The third kappa shape index (κ3) is 2.71. The van der Waals surface area contributed by atoms with Gasteiger partial charge in [0.25, 0.3) is 0 Å². The van der Waals surface area contributed by atoms with Crippen LogP contribution in [0.15, 0.2) is 43.0 Å². The van der Waals surface area contributed by atoms with Crippen LogP contribution in [0.4, 0.5) is 0 Å². The Bertz CT molecular complexity index is 353. The summed E-state index contributed by atoms with van der Waals surface area (Å²) < 4.78 is 0. The van der Waals surface area contributed by atoms with E-state index < -0.39 is 0 Å². The van der Waals surface area contributed by atoms with E-state index in [0.717, 1.165) is 6.42 Å². The number of hydrogen-bond donors (Lipinski definition) is 0. The van der Waals surface area contributed by atoms with Gasteiger partial charge in [-0.2, -0.15) is 0 Å². The Balaban J connectivity index is 2.90. The van der Waals surface area contributed by atoms with Crippen molar-refractivity contribution in [3.8, 4) is 0 Å². The van der Waals surface area contributed by atoms with E-state index in [1.165, 1.54) is 15.3 Å². The van der Waals surface area contributed by atoms with E-state index in [1.54, 1.807) is 6.08 Å². The highest BCUT2D eigenvalue weighted by molar-refractivity contribution is 7.13. The molecule has 0 nitrogen and oxygen atoms in total. The molecule has 0 bridgehead atoms. The van der Waals surface area contributed by atoms with Gasteiger partial charge < -0.3 is 0 Å². The van der Waals surface area contributed by atoms with Crippen molar-refractivity contribution in [3.63, 3.8) is 0 Å². The first-order valence-electron chi connectivity index (χ1n) is 4.86. The minimum Gasteiger partial charge on any atom is -0.140 e. The average molecular weight is 204 g/mol. The van der Waals surface area contributed by atoms with Crippen molar-refractivity contribution in [1.82, 2.24) is 0 Å². The Morgan fingerprint density at radius 1 is 1.50 bits per heavy atom. The van der Waals surface area contributed by atoms with Crippen LogP contribution in [0.1, 0.15) is 23.6 Å². The Hall–Kier alpha value is -1.08. The molecule has 1 rings (SSSR count). The lowest BCUT2D eigenvalue weighted by Gasteiger charge is -1.95. The quantitative estimate of drug-likeness (QED) is 0.635. The predicted octanol–water partition coefficient (Wildman–Crippen LogP) is 4.46. The van der Waals surface area contributed by atoms with Gasteiger partial charge in [-0.1, -0.05) is 37.8 Å². The molecule has 0 aliphatic heterocycles. The highest BCUT2D eigenvalue weighted by Crippen LogP contribution is 2.25. The fraction of sp³-hybridized carbons (Fsp3) is 0.231. The van der Waals surface area contributed by atoms with Crippen LogP contribution in [-0.2, 0) is 6.42 Å². The van der Waals surface area contributed by atoms with Crippen LogP contribution >= 0.6 is 11.3 Å². The number of allylic oxidation sites excluding steroid dienone is 5. The van der Waals surface area contributed by atoms with Crippen molar-refractivity contribution < 1.29 is 0 Å². The first kappa shape index (κ1) is 11.0. The standard InChI is InChI=1S/C13H16S/c1-4-7-8-11(5-2)13-10-9-12(6-3)14-13/h4-5,7-10H,1,6H2,2-3H3/b8-7-,11-5+. The molecule has 0 saturated heterocycles. The zero-order chi connectivity index (χ0) is 10.4. The summed E-state index contributed by atoms with van der Waals surface area (Å²) in [7, 11) is 0. The van der Waals surface area contributed by atoms with Crippen molar-refractivity contribution in [2.24, 2.45) is 0 Å². The maximum absolute atomic E-state index is 3.67.